The summed E-state index contributed by atoms with van der Waals surface area (Å²) in [6.45, 7) is 5.31. The van der Waals surface area contributed by atoms with E-state index in [9.17, 15) is 4.79 Å². The Bertz CT molecular complexity index is 576. The second-order valence-electron chi connectivity index (χ2n) is 5.14. The van der Waals surface area contributed by atoms with Gasteiger partial charge in [-0.3, -0.25) is 9.78 Å². The van der Waals surface area contributed by atoms with E-state index in [4.69, 9.17) is 4.74 Å². The fourth-order valence-electron chi connectivity index (χ4n) is 1.91. The van der Waals surface area contributed by atoms with Gasteiger partial charge in [-0.05, 0) is 30.2 Å². The standard InChI is InChI=1S/C16H20N2O2/c1-12(2)11-20-10-8-16(19)18-15-7-3-6-14-13(15)5-4-9-17-14/h3-7,9,12H,8,10-11H2,1-2H3,(H,18,19). The normalized spacial score (nSPS) is 10.9. The summed E-state index contributed by atoms with van der Waals surface area (Å²) < 4.78 is 5.42. The van der Waals surface area contributed by atoms with Gasteiger partial charge in [-0.25, -0.2) is 0 Å². The number of benzene rings is 1. The maximum atomic E-state index is 11.9. The molecule has 2 aromatic rings. The maximum Gasteiger partial charge on any atom is 0.226 e. The Morgan fingerprint density at radius 3 is 2.95 bits per heavy atom. The molecule has 106 valence electrons. The topological polar surface area (TPSA) is 51.2 Å². The van der Waals surface area contributed by atoms with Gasteiger partial charge in [0.25, 0.3) is 0 Å². The van der Waals surface area contributed by atoms with Gasteiger partial charge in [0.15, 0.2) is 0 Å². The molecule has 1 aromatic carbocycles. The third-order valence-corrected chi connectivity index (χ3v) is 2.84. The number of hydrogen-bond donors (Lipinski definition) is 1. The molecule has 0 radical (unpaired) electrons. The highest BCUT2D eigenvalue weighted by Crippen LogP contribution is 2.21. The van der Waals surface area contributed by atoms with E-state index in [0.717, 1.165) is 16.6 Å². The zero-order valence-electron chi connectivity index (χ0n) is 11.9. The van der Waals surface area contributed by atoms with Crippen molar-refractivity contribution in [3.05, 3.63) is 36.5 Å². The Hall–Kier alpha value is -1.94. The Labute approximate surface area is 119 Å². The third-order valence-electron chi connectivity index (χ3n) is 2.84. The minimum absolute atomic E-state index is 0.0369. The maximum absolute atomic E-state index is 11.9. The van der Waals surface area contributed by atoms with Crippen LogP contribution in [0.5, 0.6) is 0 Å². The van der Waals surface area contributed by atoms with Gasteiger partial charge in [0.1, 0.15) is 0 Å². The molecule has 0 fully saturated rings. The highest BCUT2D eigenvalue weighted by molar-refractivity contribution is 6.00. The number of amides is 1. The Kier molecular flexibility index (Phi) is 5.07. The molecule has 4 nitrogen and oxygen atoms in total. The van der Waals surface area contributed by atoms with Crippen LogP contribution in [0.1, 0.15) is 20.3 Å². The van der Waals surface area contributed by atoms with Crippen molar-refractivity contribution in [2.75, 3.05) is 18.5 Å². The molecule has 2 rings (SSSR count). The van der Waals surface area contributed by atoms with Crippen molar-refractivity contribution in [2.45, 2.75) is 20.3 Å². The summed E-state index contributed by atoms with van der Waals surface area (Å²) in [6.07, 6.45) is 2.11. The predicted octanol–water partition coefficient (Wildman–Crippen LogP) is 3.24. The van der Waals surface area contributed by atoms with Gasteiger partial charge in [-0.2, -0.15) is 0 Å². The van der Waals surface area contributed by atoms with Crippen LogP contribution in [0.15, 0.2) is 36.5 Å². The zero-order chi connectivity index (χ0) is 14.4. The highest BCUT2D eigenvalue weighted by atomic mass is 16.5. The fraction of sp³-hybridized carbons (Fsp3) is 0.375. The molecule has 4 heteroatoms. The first-order valence-electron chi connectivity index (χ1n) is 6.88. The van der Waals surface area contributed by atoms with E-state index in [1.807, 2.05) is 30.3 Å². The van der Waals surface area contributed by atoms with Gasteiger partial charge in [0.2, 0.25) is 5.91 Å². The van der Waals surface area contributed by atoms with E-state index in [2.05, 4.69) is 24.1 Å². The second kappa shape index (κ2) is 7.01. The molecule has 0 bridgehead atoms. The molecule has 0 atom stereocenters. The van der Waals surface area contributed by atoms with Crippen molar-refractivity contribution in [1.29, 1.82) is 0 Å². The van der Waals surface area contributed by atoms with Gasteiger partial charge in [-0.15, -0.1) is 0 Å². The average Bonchev–Trinajstić information content (AvgIpc) is 2.44. The van der Waals surface area contributed by atoms with Crippen LogP contribution in [0, 0.1) is 5.92 Å². The van der Waals surface area contributed by atoms with Crippen molar-refractivity contribution >= 4 is 22.5 Å². The summed E-state index contributed by atoms with van der Waals surface area (Å²) in [6, 6.07) is 9.52. The van der Waals surface area contributed by atoms with E-state index >= 15 is 0 Å². The lowest BCUT2D eigenvalue weighted by Gasteiger charge is -2.09. The van der Waals surface area contributed by atoms with Gasteiger partial charge in [-0.1, -0.05) is 19.9 Å². The molecule has 0 aliphatic rings. The van der Waals surface area contributed by atoms with E-state index in [-0.39, 0.29) is 5.91 Å². The zero-order valence-corrected chi connectivity index (χ0v) is 11.9. The Morgan fingerprint density at radius 1 is 1.30 bits per heavy atom. The van der Waals surface area contributed by atoms with Gasteiger partial charge in [0, 0.05) is 18.2 Å². The summed E-state index contributed by atoms with van der Waals surface area (Å²) in [5.74, 6) is 0.451. The van der Waals surface area contributed by atoms with Gasteiger partial charge < -0.3 is 10.1 Å². The molecule has 0 saturated heterocycles. The van der Waals surface area contributed by atoms with E-state index < -0.39 is 0 Å². The van der Waals surface area contributed by atoms with E-state index in [1.54, 1.807) is 6.20 Å². The number of carbonyl (C=O) groups is 1. The summed E-state index contributed by atoms with van der Waals surface area (Å²) >= 11 is 0. The Morgan fingerprint density at radius 2 is 2.15 bits per heavy atom. The molecule has 0 unspecified atom stereocenters. The largest absolute Gasteiger partial charge is 0.381 e. The molecule has 0 saturated carbocycles. The van der Waals surface area contributed by atoms with Crippen LogP contribution >= 0.6 is 0 Å². The van der Waals surface area contributed by atoms with Crippen LogP contribution in [0.3, 0.4) is 0 Å². The van der Waals surface area contributed by atoms with Gasteiger partial charge in [0.05, 0.1) is 24.2 Å². The quantitative estimate of drug-likeness (QED) is 0.821. The number of carbonyl (C=O) groups excluding carboxylic acids is 1. The number of fused-ring (bicyclic) bond motifs is 1. The molecule has 0 aliphatic carbocycles. The first-order valence-corrected chi connectivity index (χ1v) is 6.88. The molecule has 0 spiro atoms. The lowest BCUT2D eigenvalue weighted by atomic mass is 10.2. The number of nitrogens with one attached hydrogen (secondary N) is 1. The van der Waals surface area contributed by atoms with E-state index in [0.29, 0.717) is 25.6 Å². The number of pyridine rings is 1. The lowest BCUT2D eigenvalue weighted by Crippen LogP contribution is -2.15. The molecule has 0 aliphatic heterocycles. The van der Waals surface area contributed by atoms with Gasteiger partial charge >= 0.3 is 0 Å². The van der Waals surface area contributed by atoms with Crippen molar-refractivity contribution in [1.82, 2.24) is 4.98 Å². The van der Waals surface area contributed by atoms with E-state index in [1.165, 1.54) is 0 Å². The van der Waals surface area contributed by atoms with Crippen molar-refractivity contribution < 1.29 is 9.53 Å². The summed E-state index contributed by atoms with van der Waals surface area (Å²) in [7, 11) is 0. The lowest BCUT2D eigenvalue weighted by molar-refractivity contribution is -0.117. The number of ether oxygens (including phenoxy) is 1. The summed E-state index contributed by atoms with van der Waals surface area (Å²) in [5.41, 5.74) is 1.67. The molecule has 1 aromatic heterocycles. The number of nitrogens with zero attached hydrogens (tertiary/aromatic N) is 1. The van der Waals surface area contributed by atoms with Crippen LogP contribution in [0.2, 0.25) is 0 Å². The third kappa shape index (κ3) is 4.03. The molecule has 1 heterocycles. The molecular formula is C16H20N2O2. The highest BCUT2D eigenvalue weighted by Gasteiger charge is 2.06. The number of hydrogen-bond acceptors (Lipinski definition) is 3. The van der Waals surface area contributed by atoms with Crippen molar-refractivity contribution in [3.63, 3.8) is 0 Å². The van der Waals surface area contributed by atoms with Crippen LogP contribution < -0.4 is 5.32 Å². The monoisotopic (exact) mass is 272 g/mol. The summed E-state index contributed by atoms with van der Waals surface area (Å²) in [5, 5.41) is 3.86. The first-order chi connectivity index (χ1) is 9.66. The number of rotatable bonds is 6. The second-order valence-corrected chi connectivity index (χ2v) is 5.14. The Balaban J connectivity index is 1.93. The first kappa shape index (κ1) is 14.5. The molecular weight excluding hydrogens is 252 g/mol. The number of aromatic nitrogens is 1. The molecule has 20 heavy (non-hydrogen) atoms. The van der Waals surface area contributed by atoms with Crippen LogP contribution in [-0.4, -0.2) is 24.1 Å². The SMILES string of the molecule is CC(C)COCCC(=O)Nc1cccc2ncccc12. The minimum Gasteiger partial charge on any atom is -0.381 e. The van der Waals surface area contributed by atoms with Crippen LogP contribution in [0.4, 0.5) is 5.69 Å². The smallest absolute Gasteiger partial charge is 0.226 e. The van der Waals surface area contributed by atoms with Crippen LogP contribution in [0.25, 0.3) is 10.9 Å². The number of anilines is 1. The molecule has 1 N–H and O–H groups in total. The fourth-order valence-corrected chi connectivity index (χ4v) is 1.91. The predicted molar refractivity (Wildman–Crippen MR) is 80.6 cm³/mol. The average molecular weight is 272 g/mol. The minimum atomic E-state index is -0.0369. The summed E-state index contributed by atoms with van der Waals surface area (Å²) in [4.78, 5) is 16.2. The van der Waals surface area contributed by atoms with Crippen molar-refractivity contribution in [3.8, 4) is 0 Å². The molecule has 1 amide bonds. The van der Waals surface area contributed by atoms with Crippen molar-refractivity contribution in [2.24, 2.45) is 5.92 Å². The van der Waals surface area contributed by atoms with Crippen LogP contribution in [-0.2, 0) is 9.53 Å².